The molecule has 7 rings (SSSR count). The molecule has 9 nitrogen and oxygen atoms in total. The van der Waals surface area contributed by atoms with Gasteiger partial charge < -0.3 is 24.2 Å². The van der Waals surface area contributed by atoms with Gasteiger partial charge in [-0.3, -0.25) is 4.57 Å². The molecule has 0 amide bonds. The van der Waals surface area contributed by atoms with Crippen LogP contribution in [0.5, 0.6) is 0 Å². The van der Waals surface area contributed by atoms with Crippen molar-refractivity contribution in [3.8, 4) is 0 Å². The quantitative estimate of drug-likeness (QED) is 0.568. The van der Waals surface area contributed by atoms with E-state index >= 15 is 0 Å². The summed E-state index contributed by atoms with van der Waals surface area (Å²) in [5.41, 5.74) is 4.41. The fraction of sp³-hybridized carbons (Fsp3) is 0.542. The number of halogens is 1. The van der Waals surface area contributed by atoms with Crippen molar-refractivity contribution in [3.05, 3.63) is 47.0 Å². The zero-order chi connectivity index (χ0) is 23.2. The number of fused-ring (bicyclic) bond motifs is 3. The van der Waals surface area contributed by atoms with Gasteiger partial charge in [0.15, 0.2) is 29.0 Å². The lowest BCUT2D eigenvalue weighted by Crippen LogP contribution is -2.57. The number of hydrogen-bond donors (Lipinski definition) is 1. The Bertz CT molecular complexity index is 1260. The Morgan fingerprint density at radius 2 is 1.79 bits per heavy atom. The van der Waals surface area contributed by atoms with Crippen molar-refractivity contribution in [1.82, 2.24) is 19.5 Å². The fourth-order valence-electron chi connectivity index (χ4n) is 6.22. The van der Waals surface area contributed by atoms with Crippen molar-refractivity contribution < 1.29 is 19.3 Å². The molecule has 178 valence electrons. The van der Waals surface area contributed by atoms with Crippen LogP contribution in [0.25, 0.3) is 11.2 Å². The van der Waals surface area contributed by atoms with E-state index in [1.54, 1.807) is 6.33 Å². The lowest BCUT2D eigenvalue weighted by Gasteiger charge is -2.49. The molecule has 4 aliphatic rings. The van der Waals surface area contributed by atoms with Crippen LogP contribution in [-0.4, -0.2) is 68.4 Å². The van der Waals surface area contributed by atoms with Crippen LogP contribution < -0.4 is 4.90 Å². The molecule has 0 bridgehead atoms. The second-order valence-electron chi connectivity index (χ2n) is 10.4. The number of aliphatic hydroxyl groups excluding tert-OH is 1. The molecule has 2 aromatic heterocycles. The van der Waals surface area contributed by atoms with Gasteiger partial charge in [-0.2, -0.15) is 9.97 Å². The van der Waals surface area contributed by atoms with E-state index in [1.807, 2.05) is 18.4 Å². The lowest BCUT2D eigenvalue weighted by molar-refractivity contribution is -0.199. The molecule has 1 aromatic carbocycles. The summed E-state index contributed by atoms with van der Waals surface area (Å²) in [6.07, 6.45) is 2.06. The first-order chi connectivity index (χ1) is 16.3. The van der Waals surface area contributed by atoms with E-state index in [9.17, 15) is 5.11 Å². The predicted molar refractivity (Wildman–Crippen MR) is 124 cm³/mol. The van der Waals surface area contributed by atoms with E-state index in [4.69, 9.17) is 25.8 Å². The summed E-state index contributed by atoms with van der Waals surface area (Å²) in [5.74, 6) is -0.0171. The molecule has 1 aliphatic carbocycles. The van der Waals surface area contributed by atoms with Crippen molar-refractivity contribution in [2.45, 2.75) is 57.0 Å². The molecule has 3 saturated heterocycles. The average molecular weight is 484 g/mol. The minimum Gasteiger partial charge on any atom is -0.394 e. The Labute approximate surface area is 201 Å². The monoisotopic (exact) mass is 483 g/mol. The minimum atomic E-state index is -0.760. The summed E-state index contributed by atoms with van der Waals surface area (Å²) < 4.78 is 20.1. The lowest BCUT2D eigenvalue weighted by atomic mass is 9.77. The predicted octanol–water partition coefficient (Wildman–Crippen LogP) is 2.49. The smallest absolute Gasteiger partial charge is 0.226 e. The zero-order valence-electron chi connectivity index (χ0n) is 19.0. The van der Waals surface area contributed by atoms with Crippen LogP contribution in [0.3, 0.4) is 0 Å². The number of ether oxygens (including phenoxy) is 3. The first-order valence-corrected chi connectivity index (χ1v) is 12.1. The van der Waals surface area contributed by atoms with Gasteiger partial charge in [-0.25, -0.2) is 4.98 Å². The highest BCUT2D eigenvalue weighted by molar-refractivity contribution is 6.28. The second-order valence-corrected chi connectivity index (χ2v) is 10.8. The number of aromatic nitrogens is 4. The molecule has 0 radical (unpaired) electrons. The number of aliphatic hydroxyl groups is 1. The molecule has 3 fully saturated rings. The van der Waals surface area contributed by atoms with E-state index in [0.717, 1.165) is 31.7 Å². The number of hydrogen-bond acceptors (Lipinski definition) is 8. The highest BCUT2D eigenvalue weighted by atomic mass is 35.5. The van der Waals surface area contributed by atoms with Gasteiger partial charge in [-0.1, -0.05) is 24.3 Å². The van der Waals surface area contributed by atoms with Crippen LogP contribution in [0.2, 0.25) is 5.28 Å². The van der Waals surface area contributed by atoms with Gasteiger partial charge in [0.05, 0.1) is 12.9 Å². The van der Waals surface area contributed by atoms with E-state index in [2.05, 4.69) is 44.1 Å². The maximum atomic E-state index is 9.84. The van der Waals surface area contributed by atoms with Crippen molar-refractivity contribution in [3.63, 3.8) is 0 Å². The maximum Gasteiger partial charge on any atom is 0.226 e. The largest absolute Gasteiger partial charge is 0.394 e. The van der Waals surface area contributed by atoms with Gasteiger partial charge in [-0.15, -0.1) is 0 Å². The van der Waals surface area contributed by atoms with Crippen LogP contribution in [-0.2, 0) is 27.1 Å². The fourth-order valence-corrected chi connectivity index (χ4v) is 6.38. The Kier molecular flexibility index (Phi) is 4.40. The Hall–Kier alpha value is -2.30. The standard InChI is InChI=1S/C24H26ClN5O4/c1-23(2)33-17-15(9-31)32-21(18(17)34-23)30-12-26-16-19(27-22(25)28-20(16)30)29-10-24(11-29)7-13-5-3-4-6-14(13)8-24/h3-6,12,15,17-18,21,31H,7-11H2,1-2H3/t15-,17?,18+,21-/m1/s1. The molecular formula is C24H26ClN5O4. The SMILES string of the molecule is CC1(C)OC2[C@@H](CO)O[C@@H](n3cnc4c(N5CC6(Cc7ccccc7C6)C5)nc(Cl)nc43)[C@H]2O1. The maximum absolute atomic E-state index is 9.84. The Morgan fingerprint density at radius 3 is 2.50 bits per heavy atom. The molecule has 1 spiro atoms. The van der Waals surface area contributed by atoms with Gasteiger partial charge in [0.25, 0.3) is 0 Å². The molecule has 3 aliphatic heterocycles. The second kappa shape index (κ2) is 7.11. The van der Waals surface area contributed by atoms with Crippen molar-refractivity contribution in [1.29, 1.82) is 0 Å². The summed E-state index contributed by atoms with van der Waals surface area (Å²) in [6, 6.07) is 8.70. The van der Waals surface area contributed by atoms with E-state index in [0.29, 0.717) is 11.2 Å². The van der Waals surface area contributed by atoms with Gasteiger partial charge in [0.1, 0.15) is 18.3 Å². The van der Waals surface area contributed by atoms with Crippen LogP contribution in [0.4, 0.5) is 5.82 Å². The third-order valence-corrected chi connectivity index (χ3v) is 7.73. The average Bonchev–Trinajstić information content (AvgIpc) is 3.51. The molecule has 10 heteroatoms. The molecule has 5 heterocycles. The molecule has 0 saturated carbocycles. The van der Waals surface area contributed by atoms with Crippen LogP contribution >= 0.6 is 11.6 Å². The normalized spacial score (nSPS) is 30.6. The van der Waals surface area contributed by atoms with Gasteiger partial charge >= 0.3 is 0 Å². The summed E-state index contributed by atoms with van der Waals surface area (Å²) in [5, 5.41) is 10.0. The Balaban J connectivity index is 1.20. The van der Waals surface area contributed by atoms with Crippen molar-refractivity contribution >= 4 is 28.6 Å². The molecule has 34 heavy (non-hydrogen) atoms. The topological polar surface area (TPSA) is 94.8 Å². The van der Waals surface area contributed by atoms with Gasteiger partial charge in [0.2, 0.25) is 5.28 Å². The zero-order valence-corrected chi connectivity index (χ0v) is 19.8. The Morgan fingerprint density at radius 1 is 1.09 bits per heavy atom. The summed E-state index contributed by atoms with van der Waals surface area (Å²) in [7, 11) is 0. The molecule has 1 N–H and O–H groups in total. The van der Waals surface area contributed by atoms with E-state index < -0.39 is 24.2 Å². The van der Waals surface area contributed by atoms with Crippen LogP contribution in [0.15, 0.2) is 30.6 Å². The molecular weight excluding hydrogens is 458 g/mol. The summed E-state index contributed by atoms with van der Waals surface area (Å²) >= 11 is 6.39. The highest BCUT2D eigenvalue weighted by Gasteiger charge is 2.56. The number of imidazole rings is 1. The number of rotatable bonds is 3. The van der Waals surface area contributed by atoms with Gasteiger partial charge in [0, 0.05) is 18.5 Å². The summed E-state index contributed by atoms with van der Waals surface area (Å²) in [6.45, 7) is 5.36. The third kappa shape index (κ3) is 3.04. The molecule has 4 atom stereocenters. The van der Waals surface area contributed by atoms with Crippen molar-refractivity contribution in [2.24, 2.45) is 5.41 Å². The van der Waals surface area contributed by atoms with E-state index in [-0.39, 0.29) is 23.4 Å². The molecule has 3 aromatic rings. The first-order valence-electron chi connectivity index (χ1n) is 11.7. The van der Waals surface area contributed by atoms with Crippen LogP contribution in [0, 0.1) is 5.41 Å². The third-order valence-electron chi connectivity index (χ3n) is 7.56. The van der Waals surface area contributed by atoms with Crippen LogP contribution in [0.1, 0.15) is 31.2 Å². The number of benzene rings is 1. The van der Waals surface area contributed by atoms with Gasteiger partial charge in [-0.05, 0) is 49.4 Å². The first kappa shape index (κ1) is 21.0. The molecule has 1 unspecified atom stereocenters. The number of anilines is 1. The number of nitrogens with zero attached hydrogens (tertiary/aromatic N) is 5. The highest BCUT2D eigenvalue weighted by Crippen LogP contribution is 2.47. The summed E-state index contributed by atoms with van der Waals surface area (Å²) in [4.78, 5) is 16.0. The van der Waals surface area contributed by atoms with E-state index in [1.165, 1.54) is 11.1 Å². The minimum absolute atomic E-state index is 0.164. The van der Waals surface area contributed by atoms with Crippen molar-refractivity contribution in [2.75, 3.05) is 24.6 Å².